The van der Waals surface area contributed by atoms with Gasteiger partial charge in [-0.15, -0.1) is 0 Å². The van der Waals surface area contributed by atoms with Crippen molar-refractivity contribution in [2.75, 3.05) is 19.8 Å². The Morgan fingerprint density at radius 3 is 2.71 bits per heavy atom. The molecular weight excluding hydrogens is 392 g/mol. The lowest BCUT2D eigenvalue weighted by molar-refractivity contribution is -0.128. The van der Waals surface area contributed by atoms with Crippen molar-refractivity contribution in [3.63, 3.8) is 0 Å². The van der Waals surface area contributed by atoms with Crippen LogP contribution in [0, 0.1) is 0 Å². The fraction of sp³-hybridized carbons (Fsp3) is 0.375. The van der Waals surface area contributed by atoms with Gasteiger partial charge in [-0.25, -0.2) is 0 Å². The number of carbonyl (C=O) groups excluding carboxylic acids is 1. The van der Waals surface area contributed by atoms with Gasteiger partial charge >= 0.3 is 0 Å². The molecule has 0 radical (unpaired) electrons. The van der Waals surface area contributed by atoms with Crippen LogP contribution < -0.4 is 5.32 Å². The van der Waals surface area contributed by atoms with E-state index in [1.54, 1.807) is 12.4 Å². The molecule has 0 saturated carbocycles. The molecule has 1 fully saturated rings. The molecule has 0 bridgehead atoms. The number of aryl methyl sites for hydroxylation is 1. The third-order valence-electron chi connectivity index (χ3n) is 5.35. The lowest BCUT2D eigenvalue weighted by Gasteiger charge is -2.22. The van der Waals surface area contributed by atoms with Crippen molar-refractivity contribution < 1.29 is 14.3 Å². The summed E-state index contributed by atoms with van der Waals surface area (Å²) in [7, 11) is 1.92. The topological polar surface area (TPSA) is 78.3 Å². The summed E-state index contributed by atoms with van der Waals surface area (Å²) >= 11 is 0. The first-order valence-corrected chi connectivity index (χ1v) is 10.7. The third-order valence-corrected chi connectivity index (χ3v) is 5.35. The molecule has 3 aromatic rings. The van der Waals surface area contributed by atoms with Crippen LogP contribution in [0.25, 0.3) is 22.4 Å². The van der Waals surface area contributed by atoms with Crippen LogP contribution >= 0.6 is 0 Å². The van der Waals surface area contributed by atoms with Crippen LogP contribution in [0.5, 0.6) is 0 Å². The van der Waals surface area contributed by atoms with Crippen LogP contribution in [0.1, 0.15) is 24.8 Å². The van der Waals surface area contributed by atoms with Crippen LogP contribution in [0.3, 0.4) is 0 Å². The zero-order valence-electron chi connectivity index (χ0n) is 17.8. The Kier molecular flexibility index (Phi) is 7.07. The van der Waals surface area contributed by atoms with Gasteiger partial charge in [-0.2, -0.15) is 5.10 Å². The zero-order valence-corrected chi connectivity index (χ0v) is 17.8. The Morgan fingerprint density at radius 1 is 1.16 bits per heavy atom. The Balaban J connectivity index is 1.30. The van der Waals surface area contributed by atoms with Crippen molar-refractivity contribution in [3.05, 3.63) is 60.6 Å². The summed E-state index contributed by atoms with van der Waals surface area (Å²) in [5, 5.41) is 7.54. The number of benzene rings is 1. The normalized spacial score (nSPS) is 16.2. The lowest BCUT2D eigenvalue weighted by Crippen LogP contribution is -2.30. The van der Waals surface area contributed by atoms with Crippen LogP contribution in [0.2, 0.25) is 0 Å². The van der Waals surface area contributed by atoms with Crippen molar-refractivity contribution in [1.82, 2.24) is 20.1 Å². The van der Waals surface area contributed by atoms with Gasteiger partial charge in [0, 0.05) is 49.9 Å². The molecule has 1 aromatic carbocycles. The van der Waals surface area contributed by atoms with E-state index in [4.69, 9.17) is 9.47 Å². The first kappa shape index (κ1) is 21.2. The van der Waals surface area contributed by atoms with E-state index in [-0.39, 0.29) is 18.6 Å². The highest BCUT2D eigenvalue weighted by molar-refractivity contribution is 5.80. The molecule has 0 aliphatic carbocycles. The Hall–Kier alpha value is -3.03. The molecule has 1 amide bonds. The average molecular weight is 421 g/mol. The van der Waals surface area contributed by atoms with Crippen molar-refractivity contribution in [1.29, 1.82) is 0 Å². The largest absolute Gasteiger partial charge is 0.376 e. The average Bonchev–Trinajstić information content (AvgIpc) is 3.21. The minimum absolute atomic E-state index is 0.0567. The second-order valence-corrected chi connectivity index (χ2v) is 7.78. The Morgan fingerprint density at radius 2 is 1.97 bits per heavy atom. The van der Waals surface area contributed by atoms with E-state index in [9.17, 15) is 4.79 Å². The predicted octanol–water partition coefficient (Wildman–Crippen LogP) is 3.35. The number of carbonyl (C=O) groups is 1. The summed E-state index contributed by atoms with van der Waals surface area (Å²) in [6.07, 6.45) is 8.98. The van der Waals surface area contributed by atoms with Crippen molar-refractivity contribution >= 4 is 5.91 Å². The van der Waals surface area contributed by atoms with E-state index in [1.165, 1.54) is 6.42 Å². The number of pyridine rings is 1. The monoisotopic (exact) mass is 420 g/mol. The standard InChI is InChI=1S/C24H28N4O3/c1-28-15-22(19-9-11-25-12-10-19)24(27-28)20-7-5-18(6-8-20)14-26-23(29)17-30-16-21-4-2-3-13-31-21/h5-12,15,21H,2-4,13-14,16-17H2,1H3,(H,26,29). The van der Waals surface area contributed by atoms with Gasteiger partial charge in [0.25, 0.3) is 0 Å². The number of hydrogen-bond acceptors (Lipinski definition) is 5. The minimum Gasteiger partial charge on any atom is -0.376 e. The van der Waals surface area contributed by atoms with E-state index in [0.29, 0.717) is 13.2 Å². The first-order chi connectivity index (χ1) is 15.2. The molecule has 4 rings (SSSR count). The van der Waals surface area contributed by atoms with Gasteiger partial charge < -0.3 is 14.8 Å². The molecule has 162 valence electrons. The maximum atomic E-state index is 12.1. The molecule has 7 nitrogen and oxygen atoms in total. The van der Waals surface area contributed by atoms with Gasteiger partial charge in [-0.05, 0) is 42.5 Å². The van der Waals surface area contributed by atoms with Crippen LogP contribution in [0.4, 0.5) is 0 Å². The molecule has 1 aliphatic heterocycles. The summed E-state index contributed by atoms with van der Waals surface area (Å²) in [6.45, 7) is 1.79. The fourth-order valence-electron chi connectivity index (χ4n) is 3.70. The number of ether oxygens (including phenoxy) is 2. The number of nitrogens with one attached hydrogen (secondary N) is 1. The predicted molar refractivity (Wildman–Crippen MR) is 118 cm³/mol. The molecule has 1 saturated heterocycles. The maximum absolute atomic E-state index is 12.1. The molecule has 31 heavy (non-hydrogen) atoms. The quantitative estimate of drug-likeness (QED) is 0.605. The van der Waals surface area contributed by atoms with Crippen LogP contribution in [0.15, 0.2) is 55.0 Å². The maximum Gasteiger partial charge on any atom is 0.246 e. The highest BCUT2D eigenvalue weighted by Gasteiger charge is 2.15. The molecule has 3 heterocycles. The number of amides is 1. The number of hydrogen-bond donors (Lipinski definition) is 1. The number of rotatable bonds is 8. The molecule has 1 atom stereocenters. The highest BCUT2D eigenvalue weighted by atomic mass is 16.5. The molecule has 1 unspecified atom stereocenters. The smallest absolute Gasteiger partial charge is 0.246 e. The van der Waals surface area contributed by atoms with E-state index < -0.39 is 0 Å². The summed E-state index contributed by atoms with van der Waals surface area (Å²) in [5.41, 5.74) is 5.10. The van der Waals surface area contributed by atoms with Crippen molar-refractivity contribution in [2.24, 2.45) is 7.05 Å². The molecule has 2 aromatic heterocycles. The van der Waals surface area contributed by atoms with E-state index >= 15 is 0 Å². The summed E-state index contributed by atoms with van der Waals surface area (Å²) < 4.78 is 12.9. The SMILES string of the molecule is Cn1cc(-c2ccncc2)c(-c2ccc(CNC(=O)COCC3CCCCO3)cc2)n1. The van der Waals surface area contributed by atoms with Gasteiger partial charge in [-0.3, -0.25) is 14.5 Å². The van der Waals surface area contributed by atoms with Gasteiger partial charge in [0.15, 0.2) is 0 Å². The fourth-order valence-corrected chi connectivity index (χ4v) is 3.70. The van der Waals surface area contributed by atoms with E-state index in [2.05, 4.69) is 15.4 Å². The summed E-state index contributed by atoms with van der Waals surface area (Å²) in [6, 6.07) is 12.0. The van der Waals surface area contributed by atoms with E-state index in [0.717, 1.165) is 47.4 Å². The second-order valence-electron chi connectivity index (χ2n) is 7.78. The molecule has 0 spiro atoms. The zero-order chi connectivity index (χ0) is 21.5. The Labute approximate surface area is 182 Å². The summed E-state index contributed by atoms with van der Waals surface area (Å²) in [4.78, 5) is 16.1. The molecule has 1 aliphatic rings. The van der Waals surface area contributed by atoms with Crippen molar-refractivity contribution in [3.8, 4) is 22.4 Å². The molecule has 1 N–H and O–H groups in total. The molecular formula is C24H28N4O3. The number of nitrogens with zero attached hydrogens (tertiary/aromatic N) is 3. The second kappa shape index (κ2) is 10.3. The van der Waals surface area contributed by atoms with Gasteiger partial charge in [0.1, 0.15) is 12.3 Å². The van der Waals surface area contributed by atoms with Gasteiger partial charge in [0.2, 0.25) is 5.91 Å². The molecule has 7 heteroatoms. The van der Waals surface area contributed by atoms with Crippen LogP contribution in [-0.2, 0) is 27.9 Å². The number of aromatic nitrogens is 3. The van der Waals surface area contributed by atoms with Crippen LogP contribution in [-0.4, -0.2) is 46.6 Å². The lowest BCUT2D eigenvalue weighted by atomic mass is 10.0. The van der Waals surface area contributed by atoms with E-state index in [1.807, 2.05) is 54.3 Å². The third kappa shape index (κ3) is 5.77. The minimum atomic E-state index is -0.121. The summed E-state index contributed by atoms with van der Waals surface area (Å²) in [5.74, 6) is -0.121. The van der Waals surface area contributed by atoms with Crippen molar-refractivity contribution in [2.45, 2.75) is 31.9 Å². The van der Waals surface area contributed by atoms with Gasteiger partial charge in [-0.1, -0.05) is 24.3 Å². The highest BCUT2D eigenvalue weighted by Crippen LogP contribution is 2.30. The Bertz CT molecular complexity index is 980. The van der Waals surface area contributed by atoms with Gasteiger partial charge in [0.05, 0.1) is 12.7 Å². The first-order valence-electron chi connectivity index (χ1n) is 10.7.